The van der Waals surface area contributed by atoms with E-state index in [4.69, 9.17) is 0 Å². The van der Waals surface area contributed by atoms with Crippen molar-refractivity contribution >= 4 is 5.71 Å². The number of allylic oxidation sites excluding steroid dienone is 2. The normalized spacial score (nSPS) is 12.9. The van der Waals surface area contributed by atoms with Crippen LogP contribution in [0.4, 0.5) is 0 Å². The molecule has 0 fully saturated rings. The second-order valence-electron chi connectivity index (χ2n) is 2.28. The Morgan fingerprint density at radius 1 is 1.40 bits per heavy atom. The summed E-state index contributed by atoms with van der Waals surface area (Å²) in [6.07, 6.45) is 7.65. The topological polar surface area (TPSA) is 12.4 Å². The Morgan fingerprint density at radius 2 is 2.10 bits per heavy atom. The van der Waals surface area contributed by atoms with Crippen molar-refractivity contribution in [1.29, 1.82) is 0 Å². The second kappa shape index (κ2) is 6.53. The van der Waals surface area contributed by atoms with E-state index in [2.05, 4.69) is 31.0 Å². The molecule has 0 saturated heterocycles. The molecule has 0 unspecified atom stereocenters. The van der Waals surface area contributed by atoms with Crippen LogP contribution in [0.2, 0.25) is 0 Å². The maximum Gasteiger partial charge on any atom is 0.0341 e. The van der Waals surface area contributed by atoms with Crippen LogP contribution in [-0.4, -0.2) is 12.8 Å². The molecule has 0 bridgehead atoms. The third-order valence-electron chi connectivity index (χ3n) is 1.34. The Morgan fingerprint density at radius 3 is 2.50 bits per heavy atom. The number of aliphatic imine (C=N–C) groups is 1. The minimum atomic E-state index is 1.10. The molecule has 0 N–H and O–H groups in total. The van der Waals surface area contributed by atoms with E-state index in [1.54, 1.807) is 0 Å². The van der Waals surface area contributed by atoms with Gasteiger partial charge in [-0.05, 0) is 18.9 Å². The van der Waals surface area contributed by atoms with Gasteiger partial charge in [0.05, 0.1) is 0 Å². The van der Waals surface area contributed by atoms with Gasteiger partial charge in [-0.15, -0.1) is 0 Å². The van der Waals surface area contributed by atoms with Gasteiger partial charge in [0, 0.05) is 12.8 Å². The lowest BCUT2D eigenvalue weighted by Crippen LogP contribution is -1.90. The molecular weight excluding hydrogens is 122 g/mol. The fourth-order valence-corrected chi connectivity index (χ4v) is 0.780. The highest BCUT2D eigenvalue weighted by Crippen LogP contribution is 1.94. The maximum absolute atomic E-state index is 4.15. The molecule has 0 spiro atoms. The zero-order valence-corrected chi connectivity index (χ0v) is 7.22. The third kappa shape index (κ3) is 4.30. The fraction of sp³-hybridized carbons (Fsp3) is 0.667. The minimum Gasteiger partial charge on any atom is -0.293 e. The van der Waals surface area contributed by atoms with Crippen molar-refractivity contribution in [3.63, 3.8) is 0 Å². The quantitative estimate of drug-likeness (QED) is 0.531. The third-order valence-corrected chi connectivity index (χ3v) is 1.34. The molecule has 1 nitrogen and oxygen atoms in total. The van der Waals surface area contributed by atoms with Gasteiger partial charge in [0.1, 0.15) is 0 Å². The van der Waals surface area contributed by atoms with Crippen LogP contribution in [0.25, 0.3) is 0 Å². The molecule has 0 saturated carbocycles. The highest BCUT2D eigenvalue weighted by molar-refractivity contribution is 5.94. The SMILES string of the molecule is CC/C=C\C(CCC)=NC. The molecule has 58 valence electrons. The van der Waals surface area contributed by atoms with E-state index < -0.39 is 0 Å². The van der Waals surface area contributed by atoms with E-state index in [0.29, 0.717) is 0 Å². The molecule has 0 atom stereocenters. The highest BCUT2D eigenvalue weighted by Gasteiger charge is 1.87. The van der Waals surface area contributed by atoms with Crippen LogP contribution < -0.4 is 0 Å². The van der Waals surface area contributed by atoms with Gasteiger partial charge in [-0.1, -0.05) is 26.3 Å². The molecule has 0 aromatic rings. The Kier molecular flexibility index (Phi) is 6.14. The van der Waals surface area contributed by atoms with Gasteiger partial charge in [-0.25, -0.2) is 0 Å². The number of rotatable bonds is 4. The van der Waals surface area contributed by atoms with Crippen molar-refractivity contribution in [2.45, 2.75) is 33.1 Å². The van der Waals surface area contributed by atoms with Gasteiger partial charge < -0.3 is 0 Å². The van der Waals surface area contributed by atoms with E-state index >= 15 is 0 Å². The summed E-state index contributed by atoms with van der Waals surface area (Å²) in [4.78, 5) is 4.15. The van der Waals surface area contributed by atoms with E-state index in [-0.39, 0.29) is 0 Å². The van der Waals surface area contributed by atoms with Gasteiger partial charge in [-0.2, -0.15) is 0 Å². The summed E-state index contributed by atoms with van der Waals surface area (Å²) in [5.74, 6) is 0. The molecule has 0 amide bonds. The van der Waals surface area contributed by atoms with Crippen molar-refractivity contribution in [2.75, 3.05) is 7.05 Å². The van der Waals surface area contributed by atoms with Crippen molar-refractivity contribution in [1.82, 2.24) is 0 Å². The molecule has 0 heterocycles. The largest absolute Gasteiger partial charge is 0.293 e. The summed E-state index contributed by atoms with van der Waals surface area (Å²) < 4.78 is 0. The van der Waals surface area contributed by atoms with Crippen LogP contribution in [0, 0.1) is 0 Å². The van der Waals surface area contributed by atoms with Gasteiger partial charge in [0.15, 0.2) is 0 Å². The predicted molar refractivity (Wildman–Crippen MR) is 47.7 cm³/mol. The first-order chi connectivity index (χ1) is 4.85. The Bertz CT molecular complexity index is 123. The molecule has 0 aromatic carbocycles. The zero-order chi connectivity index (χ0) is 7.82. The Hall–Kier alpha value is -0.590. The van der Waals surface area contributed by atoms with Gasteiger partial charge in [-0.3, -0.25) is 4.99 Å². The highest BCUT2D eigenvalue weighted by atomic mass is 14.7. The number of hydrogen-bond acceptors (Lipinski definition) is 1. The van der Waals surface area contributed by atoms with Crippen molar-refractivity contribution in [3.8, 4) is 0 Å². The van der Waals surface area contributed by atoms with E-state index in [1.807, 2.05) is 7.05 Å². The van der Waals surface area contributed by atoms with E-state index in [9.17, 15) is 0 Å². The van der Waals surface area contributed by atoms with E-state index in [0.717, 1.165) is 12.8 Å². The molecule has 10 heavy (non-hydrogen) atoms. The lowest BCUT2D eigenvalue weighted by Gasteiger charge is -1.94. The predicted octanol–water partition coefficient (Wildman–Crippen LogP) is 2.82. The van der Waals surface area contributed by atoms with Gasteiger partial charge >= 0.3 is 0 Å². The second-order valence-corrected chi connectivity index (χ2v) is 2.28. The Labute approximate surface area is 63.9 Å². The van der Waals surface area contributed by atoms with Crippen molar-refractivity contribution in [3.05, 3.63) is 12.2 Å². The Balaban J connectivity index is 3.72. The molecule has 0 rings (SSSR count). The van der Waals surface area contributed by atoms with Crippen molar-refractivity contribution < 1.29 is 0 Å². The van der Waals surface area contributed by atoms with Crippen LogP contribution in [0.15, 0.2) is 17.1 Å². The lowest BCUT2D eigenvalue weighted by molar-refractivity contribution is 0.992. The minimum absolute atomic E-state index is 1.10. The average Bonchev–Trinajstić information content (AvgIpc) is 1.98. The average molecular weight is 139 g/mol. The van der Waals surface area contributed by atoms with Crippen LogP contribution in [0.5, 0.6) is 0 Å². The van der Waals surface area contributed by atoms with Crippen LogP contribution in [0.3, 0.4) is 0 Å². The summed E-state index contributed by atoms with van der Waals surface area (Å²) in [7, 11) is 1.85. The lowest BCUT2D eigenvalue weighted by atomic mass is 10.2. The van der Waals surface area contributed by atoms with Gasteiger partial charge in [0.2, 0.25) is 0 Å². The molecule has 0 aliphatic rings. The summed E-state index contributed by atoms with van der Waals surface area (Å²) in [5.41, 5.74) is 1.21. The first kappa shape index (κ1) is 9.41. The van der Waals surface area contributed by atoms with Crippen LogP contribution in [0.1, 0.15) is 33.1 Å². The summed E-state index contributed by atoms with van der Waals surface area (Å²) in [5, 5.41) is 0. The van der Waals surface area contributed by atoms with Gasteiger partial charge in [0.25, 0.3) is 0 Å². The first-order valence-corrected chi connectivity index (χ1v) is 3.97. The zero-order valence-electron chi connectivity index (χ0n) is 7.22. The molecule has 1 heteroatoms. The molecule has 0 aliphatic carbocycles. The standard InChI is InChI=1S/C9H17N/c1-4-6-8-9(10-3)7-5-2/h6,8H,4-5,7H2,1-3H3/b8-6-,10-9?. The summed E-state index contributed by atoms with van der Waals surface area (Å²) in [6.45, 7) is 4.31. The number of nitrogens with zero attached hydrogens (tertiary/aromatic N) is 1. The van der Waals surface area contributed by atoms with Crippen molar-refractivity contribution in [2.24, 2.45) is 4.99 Å². The molecule has 0 radical (unpaired) electrons. The monoisotopic (exact) mass is 139 g/mol. The molecule has 0 aromatic heterocycles. The summed E-state index contributed by atoms with van der Waals surface area (Å²) >= 11 is 0. The molecular formula is C9H17N. The smallest absolute Gasteiger partial charge is 0.0341 e. The van der Waals surface area contributed by atoms with Crippen LogP contribution >= 0.6 is 0 Å². The van der Waals surface area contributed by atoms with Crippen LogP contribution in [-0.2, 0) is 0 Å². The first-order valence-electron chi connectivity index (χ1n) is 3.97. The maximum atomic E-state index is 4.15. The fourth-order valence-electron chi connectivity index (χ4n) is 0.780. The number of hydrogen-bond donors (Lipinski definition) is 0. The van der Waals surface area contributed by atoms with E-state index in [1.165, 1.54) is 12.1 Å². The summed E-state index contributed by atoms with van der Waals surface area (Å²) in [6, 6.07) is 0. The molecule has 0 aliphatic heterocycles.